The summed E-state index contributed by atoms with van der Waals surface area (Å²) in [6, 6.07) is 4.68. The molecular formula is C39H55N5O5. The number of rotatable bonds is 15. The van der Waals surface area contributed by atoms with Crippen LogP contribution in [0.5, 0.6) is 0 Å². The van der Waals surface area contributed by atoms with Crippen molar-refractivity contribution in [1.29, 1.82) is 0 Å². The van der Waals surface area contributed by atoms with Crippen molar-refractivity contribution in [2.45, 2.75) is 103 Å². The van der Waals surface area contributed by atoms with Crippen LogP contribution in [-0.2, 0) is 24.7 Å². The van der Waals surface area contributed by atoms with Crippen molar-refractivity contribution < 1.29 is 24.0 Å². The number of piperidine rings is 1. The van der Waals surface area contributed by atoms with Gasteiger partial charge in [0.2, 0.25) is 17.6 Å². The lowest BCUT2D eigenvalue weighted by Crippen LogP contribution is -2.61. The highest BCUT2D eigenvalue weighted by Gasteiger charge is 2.69. The van der Waals surface area contributed by atoms with Crippen LogP contribution < -0.4 is 21.3 Å². The molecule has 0 radical (unpaired) electrons. The first-order chi connectivity index (χ1) is 23.1. The molecule has 3 fully saturated rings. The van der Waals surface area contributed by atoms with Gasteiger partial charge < -0.3 is 26.2 Å². The van der Waals surface area contributed by atoms with E-state index in [1.54, 1.807) is 11.0 Å². The van der Waals surface area contributed by atoms with Crippen molar-refractivity contribution in [3.8, 4) is 0 Å². The molecule has 5 amide bonds. The van der Waals surface area contributed by atoms with E-state index in [2.05, 4.69) is 54.9 Å². The minimum absolute atomic E-state index is 0.0778. The van der Waals surface area contributed by atoms with Gasteiger partial charge in [0.1, 0.15) is 12.1 Å². The fraction of sp³-hybridized carbons (Fsp3) is 0.564. The Morgan fingerprint density at radius 2 is 1.73 bits per heavy atom. The van der Waals surface area contributed by atoms with Gasteiger partial charge in [-0.05, 0) is 86.8 Å². The summed E-state index contributed by atoms with van der Waals surface area (Å²) in [7, 11) is 0. The van der Waals surface area contributed by atoms with Gasteiger partial charge in [-0.25, -0.2) is 4.79 Å². The van der Waals surface area contributed by atoms with E-state index in [0.717, 1.165) is 48.8 Å². The van der Waals surface area contributed by atoms with E-state index in [-0.39, 0.29) is 42.0 Å². The van der Waals surface area contributed by atoms with Crippen LogP contribution in [0.1, 0.15) is 90.7 Å². The van der Waals surface area contributed by atoms with E-state index in [1.807, 2.05) is 45.0 Å². The Morgan fingerprint density at radius 3 is 2.37 bits per heavy atom. The molecular weight excluding hydrogens is 618 g/mol. The first-order valence-corrected chi connectivity index (χ1v) is 17.6. The van der Waals surface area contributed by atoms with Crippen molar-refractivity contribution in [2.24, 2.45) is 23.2 Å². The van der Waals surface area contributed by atoms with Gasteiger partial charge in [0.25, 0.3) is 5.91 Å². The summed E-state index contributed by atoms with van der Waals surface area (Å²) < 4.78 is 0. The monoisotopic (exact) mass is 673 g/mol. The SMILES string of the molecule is C=CCCC(NC(=O)[C@@H]1[C@H]2[C@@H](CN1C(=O)[C@@H](NC(=O)NC(C)(C)c1cccc(C(=C)C)c1)C1CCCCC1)C2(C)C)C(=O)C(=O)NCC=C. The number of nitrogens with one attached hydrogen (secondary N) is 4. The zero-order valence-corrected chi connectivity index (χ0v) is 29.9. The highest BCUT2D eigenvalue weighted by Crippen LogP contribution is 2.65. The number of allylic oxidation sites excluding steroid dienone is 2. The van der Waals surface area contributed by atoms with Crippen molar-refractivity contribution in [3.05, 3.63) is 67.3 Å². The number of amides is 5. The van der Waals surface area contributed by atoms with Crippen LogP contribution in [0, 0.1) is 23.2 Å². The number of urea groups is 1. The molecule has 5 atom stereocenters. The summed E-state index contributed by atoms with van der Waals surface area (Å²) in [6.07, 6.45) is 8.29. The molecule has 0 aromatic heterocycles. The molecule has 1 unspecified atom stereocenters. The summed E-state index contributed by atoms with van der Waals surface area (Å²) in [5, 5.41) is 11.4. The summed E-state index contributed by atoms with van der Waals surface area (Å²) in [5.74, 6) is -2.39. The third kappa shape index (κ3) is 8.51. The third-order valence-corrected chi connectivity index (χ3v) is 10.9. The van der Waals surface area contributed by atoms with E-state index in [9.17, 15) is 24.0 Å². The topological polar surface area (TPSA) is 137 Å². The number of hydrogen-bond donors (Lipinski definition) is 4. The highest BCUT2D eigenvalue weighted by molar-refractivity contribution is 6.38. The van der Waals surface area contributed by atoms with Gasteiger partial charge >= 0.3 is 6.03 Å². The van der Waals surface area contributed by atoms with Crippen molar-refractivity contribution in [1.82, 2.24) is 26.2 Å². The van der Waals surface area contributed by atoms with Gasteiger partial charge in [-0.2, -0.15) is 0 Å². The molecule has 0 bridgehead atoms. The second-order valence-electron chi connectivity index (χ2n) is 15.1. The molecule has 10 nitrogen and oxygen atoms in total. The summed E-state index contributed by atoms with van der Waals surface area (Å²) in [6.45, 7) is 21.8. The largest absolute Gasteiger partial charge is 0.346 e. The Morgan fingerprint density at radius 1 is 1.04 bits per heavy atom. The highest BCUT2D eigenvalue weighted by atomic mass is 16.2. The number of ketones is 1. The molecule has 2 saturated carbocycles. The fourth-order valence-corrected chi connectivity index (χ4v) is 7.77. The van der Waals surface area contributed by atoms with Gasteiger partial charge in [0.05, 0.1) is 11.6 Å². The number of likely N-dealkylation sites (tertiary alicyclic amines) is 1. The van der Waals surface area contributed by atoms with Gasteiger partial charge in [0, 0.05) is 13.1 Å². The van der Waals surface area contributed by atoms with Gasteiger partial charge in [0.15, 0.2) is 0 Å². The molecule has 4 rings (SSSR count). The molecule has 10 heteroatoms. The maximum atomic E-state index is 14.6. The Balaban J connectivity index is 1.57. The lowest BCUT2D eigenvalue weighted by Gasteiger charge is -2.38. The average Bonchev–Trinajstić information content (AvgIpc) is 3.38. The fourth-order valence-electron chi connectivity index (χ4n) is 7.77. The van der Waals surface area contributed by atoms with E-state index in [0.29, 0.717) is 13.0 Å². The number of nitrogens with zero attached hydrogens (tertiary/aromatic N) is 1. The quantitative estimate of drug-likeness (QED) is 0.153. The standard InChI is InChI=1S/C39H55N5O5/c1-9-11-20-29(33(45)35(47)40-21-10-2)41-34(46)32-30-28(38(30,5)6)23-44(32)36(48)31(25-16-13-12-14-17-25)42-37(49)43-39(7,8)27-19-15-18-26(22-27)24(3)4/h9-10,15,18-19,22,25,28-32H,1-3,11-14,16-17,20-21,23H2,4-8H3,(H,40,47)(H,41,46)(H2,42,43,49)/t28-,29?,30-,31+,32+/m1/s1. The van der Waals surface area contributed by atoms with Crippen LogP contribution in [0.4, 0.5) is 4.79 Å². The molecule has 1 saturated heterocycles. The normalized spacial score (nSPS) is 22.5. The minimum atomic E-state index is -1.07. The lowest BCUT2D eigenvalue weighted by molar-refractivity contribution is -0.144. The summed E-state index contributed by atoms with van der Waals surface area (Å²) >= 11 is 0. The maximum absolute atomic E-state index is 14.6. The molecule has 266 valence electrons. The Labute approximate surface area is 291 Å². The number of Topliss-reactive ketones (excluding diaryl/α,β-unsaturated/α-hetero) is 1. The Hall–Kier alpha value is -4.21. The predicted molar refractivity (Wildman–Crippen MR) is 192 cm³/mol. The number of benzene rings is 1. The predicted octanol–water partition coefficient (Wildman–Crippen LogP) is 5.01. The Kier molecular flexibility index (Phi) is 11.9. The van der Waals surface area contributed by atoms with Crippen molar-refractivity contribution in [2.75, 3.05) is 13.1 Å². The van der Waals surface area contributed by atoms with Gasteiger partial charge in [-0.1, -0.05) is 75.6 Å². The Bertz CT molecular complexity index is 1480. The lowest BCUT2D eigenvalue weighted by atomic mass is 9.83. The minimum Gasteiger partial charge on any atom is -0.346 e. The second-order valence-corrected chi connectivity index (χ2v) is 15.1. The maximum Gasteiger partial charge on any atom is 0.316 e. The molecule has 1 aliphatic heterocycles. The first kappa shape index (κ1) is 37.6. The molecule has 3 aliphatic rings. The van der Waals surface area contributed by atoms with Crippen molar-refractivity contribution >= 4 is 35.1 Å². The number of hydrogen-bond acceptors (Lipinski definition) is 5. The van der Waals surface area contributed by atoms with Crippen molar-refractivity contribution in [3.63, 3.8) is 0 Å². The van der Waals surface area contributed by atoms with Gasteiger partial charge in [-0.3, -0.25) is 19.2 Å². The first-order valence-electron chi connectivity index (χ1n) is 17.6. The molecule has 4 N–H and O–H groups in total. The molecule has 2 aliphatic carbocycles. The van der Waals surface area contributed by atoms with E-state index >= 15 is 0 Å². The molecule has 1 aromatic carbocycles. The van der Waals surface area contributed by atoms with Crippen LogP contribution >= 0.6 is 0 Å². The zero-order chi connectivity index (χ0) is 36.1. The van der Waals surface area contributed by atoms with Gasteiger partial charge in [-0.15, -0.1) is 13.2 Å². The number of carbonyl (C=O) groups excluding carboxylic acids is 5. The number of carbonyl (C=O) groups is 5. The van der Waals surface area contributed by atoms with Crippen LogP contribution in [0.2, 0.25) is 0 Å². The number of fused-ring (bicyclic) bond motifs is 1. The summed E-state index contributed by atoms with van der Waals surface area (Å²) in [5.41, 5.74) is 1.88. The molecule has 1 aromatic rings. The molecule has 49 heavy (non-hydrogen) atoms. The molecule has 1 heterocycles. The third-order valence-electron chi connectivity index (χ3n) is 10.9. The van der Waals surface area contributed by atoms with Crippen LogP contribution in [0.15, 0.2) is 56.2 Å². The second kappa shape index (κ2) is 15.6. The van der Waals surface area contributed by atoms with Crippen LogP contribution in [-0.4, -0.2) is 65.7 Å². The molecule has 0 spiro atoms. The van der Waals surface area contributed by atoms with Crippen LogP contribution in [0.25, 0.3) is 5.57 Å². The smallest absolute Gasteiger partial charge is 0.316 e. The summed E-state index contributed by atoms with van der Waals surface area (Å²) in [4.78, 5) is 69.7. The van der Waals surface area contributed by atoms with E-state index < -0.39 is 47.3 Å². The van der Waals surface area contributed by atoms with E-state index in [4.69, 9.17) is 0 Å². The zero-order valence-electron chi connectivity index (χ0n) is 29.9. The average molecular weight is 674 g/mol. The van der Waals surface area contributed by atoms with Crippen LogP contribution in [0.3, 0.4) is 0 Å². The van der Waals surface area contributed by atoms with E-state index in [1.165, 1.54) is 6.08 Å².